The molecule has 0 aromatic carbocycles. The Labute approximate surface area is 126 Å². The first-order valence-corrected chi connectivity index (χ1v) is 7.39. The molecule has 0 fully saturated rings. The number of hydrogen-bond donors (Lipinski definition) is 0. The second-order valence-corrected chi connectivity index (χ2v) is 6.53. The summed E-state index contributed by atoms with van der Waals surface area (Å²) in [5.74, 6) is 0. The van der Waals surface area contributed by atoms with Gasteiger partial charge in [-0.25, -0.2) is 0 Å². The van der Waals surface area contributed by atoms with Crippen LogP contribution in [-0.4, -0.2) is 25.8 Å². The van der Waals surface area contributed by atoms with Crippen LogP contribution < -0.4 is 0 Å². The van der Waals surface area contributed by atoms with Crippen LogP contribution in [0.2, 0.25) is 0 Å². The third kappa shape index (κ3) is 2.91. The summed E-state index contributed by atoms with van der Waals surface area (Å²) in [5.41, 5.74) is 3.06. The van der Waals surface area contributed by atoms with E-state index in [2.05, 4.69) is 44.8 Å². The Hall–Kier alpha value is -1.91. The van der Waals surface area contributed by atoms with Crippen LogP contribution in [0.3, 0.4) is 0 Å². The Kier molecular flexibility index (Phi) is 4.03. The van der Waals surface area contributed by atoms with Crippen molar-refractivity contribution in [3.8, 4) is 11.3 Å². The van der Waals surface area contributed by atoms with Crippen molar-refractivity contribution < 1.29 is 4.79 Å². The maximum atomic E-state index is 11.4. The minimum Gasteiger partial charge on any atom is -0.298 e. The first kappa shape index (κ1) is 15.5. The van der Waals surface area contributed by atoms with Crippen molar-refractivity contribution in [2.24, 2.45) is 0 Å². The third-order valence-electron chi connectivity index (χ3n) is 3.77. The summed E-state index contributed by atoms with van der Waals surface area (Å²) in [6, 6.07) is 0.274. The summed E-state index contributed by atoms with van der Waals surface area (Å²) in [6.07, 6.45) is 5.64. The molecule has 5 heteroatoms. The van der Waals surface area contributed by atoms with Gasteiger partial charge in [0.2, 0.25) is 0 Å². The van der Waals surface area contributed by atoms with E-state index in [9.17, 15) is 4.79 Å². The Bertz CT molecular complexity index is 646. The normalized spacial score (nSPS) is 13.4. The highest BCUT2D eigenvalue weighted by Crippen LogP contribution is 2.27. The molecular weight excluding hydrogens is 264 g/mol. The van der Waals surface area contributed by atoms with Crippen molar-refractivity contribution in [3.05, 3.63) is 23.7 Å². The monoisotopic (exact) mass is 288 g/mol. The van der Waals surface area contributed by atoms with E-state index in [1.165, 1.54) is 0 Å². The van der Waals surface area contributed by atoms with E-state index in [1.54, 1.807) is 0 Å². The summed E-state index contributed by atoms with van der Waals surface area (Å²) in [5, 5.41) is 9.17. The molecule has 0 aliphatic carbocycles. The lowest BCUT2D eigenvalue weighted by molar-refractivity contribution is 0.112. The highest BCUT2D eigenvalue weighted by atomic mass is 16.1. The van der Waals surface area contributed by atoms with E-state index >= 15 is 0 Å². The fraction of sp³-hybridized carbons (Fsp3) is 0.562. The van der Waals surface area contributed by atoms with Gasteiger partial charge >= 0.3 is 0 Å². The van der Waals surface area contributed by atoms with Gasteiger partial charge in [-0.15, -0.1) is 0 Å². The van der Waals surface area contributed by atoms with Gasteiger partial charge < -0.3 is 0 Å². The summed E-state index contributed by atoms with van der Waals surface area (Å²) >= 11 is 0. The fourth-order valence-corrected chi connectivity index (χ4v) is 2.15. The minimum atomic E-state index is -0.0936. The van der Waals surface area contributed by atoms with Crippen LogP contribution in [-0.2, 0) is 5.54 Å². The average Bonchev–Trinajstić information content (AvgIpc) is 3.00. The third-order valence-corrected chi connectivity index (χ3v) is 3.77. The molecule has 0 saturated carbocycles. The number of carbonyl (C=O) groups excluding carboxylic acids is 1. The Morgan fingerprint density at radius 1 is 1.29 bits per heavy atom. The van der Waals surface area contributed by atoms with Crippen LogP contribution in [0.15, 0.2) is 12.4 Å². The SMILES string of the molecule is CCC(C)n1cc(C=O)c(-c2cn(C(C)(C)C)nc2C)n1. The van der Waals surface area contributed by atoms with Crippen LogP contribution in [0.5, 0.6) is 0 Å². The van der Waals surface area contributed by atoms with Crippen molar-refractivity contribution >= 4 is 6.29 Å². The summed E-state index contributed by atoms with van der Waals surface area (Å²) in [6.45, 7) is 12.4. The lowest BCUT2D eigenvalue weighted by Gasteiger charge is -2.18. The highest BCUT2D eigenvalue weighted by Gasteiger charge is 2.21. The number of rotatable bonds is 4. The molecule has 2 aromatic rings. The van der Waals surface area contributed by atoms with Gasteiger partial charge in [-0.2, -0.15) is 10.2 Å². The number of aldehydes is 1. The Morgan fingerprint density at radius 2 is 1.95 bits per heavy atom. The molecule has 0 amide bonds. The van der Waals surface area contributed by atoms with Gasteiger partial charge in [0, 0.05) is 24.0 Å². The van der Waals surface area contributed by atoms with Gasteiger partial charge in [-0.05, 0) is 41.0 Å². The fourth-order valence-electron chi connectivity index (χ4n) is 2.15. The van der Waals surface area contributed by atoms with E-state index in [0.29, 0.717) is 5.56 Å². The first-order valence-electron chi connectivity index (χ1n) is 7.39. The van der Waals surface area contributed by atoms with Crippen molar-refractivity contribution in [1.29, 1.82) is 0 Å². The molecule has 0 saturated heterocycles. The minimum absolute atomic E-state index is 0.0936. The number of hydrogen-bond acceptors (Lipinski definition) is 3. The molecule has 2 rings (SSSR count). The zero-order valence-corrected chi connectivity index (χ0v) is 13.7. The van der Waals surface area contributed by atoms with E-state index in [-0.39, 0.29) is 11.6 Å². The number of nitrogens with zero attached hydrogens (tertiary/aromatic N) is 4. The van der Waals surface area contributed by atoms with Crippen LogP contribution in [0.1, 0.15) is 63.1 Å². The molecule has 0 aliphatic rings. The molecule has 5 nitrogen and oxygen atoms in total. The largest absolute Gasteiger partial charge is 0.298 e. The molecule has 2 aromatic heterocycles. The molecule has 1 unspecified atom stereocenters. The number of aromatic nitrogens is 4. The lowest BCUT2D eigenvalue weighted by Crippen LogP contribution is -2.22. The molecule has 0 radical (unpaired) electrons. The molecule has 1 atom stereocenters. The van der Waals surface area contributed by atoms with E-state index in [0.717, 1.165) is 29.7 Å². The van der Waals surface area contributed by atoms with Crippen LogP contribution in [0, 0.1) is 6.92 Å². The van der Waals surface area contributed by atoms with Crippen LogP contribution in [0.4, 0.5) is 0 Å². The summed E-state index contributed by atoms with van der Waals surface area (Å²) in [4.78, 5) is 11.4. The molecule has 0 spiro atoms. The van der Waals surface area contributed by atoms with Crippen molar-refractivity contribution in [2.75, 3.05) is 0 Å². The zero-order chi connectivity index (χ0) is 15.8. The highest BCUT2D eigenvalue weighted by molar-refractivity contribution is 5.85. The number of carbonyl (C=O) groups is 1. The second kappa shape index (κ2) is 5.47. The zero-order valence-electron chi connectivity index (χ0n) is 13.7. The Morgan fingerprint density at radius 3 is 2.43 bits per heavy atom. The molecule has 0 N–H and O–H groups in total. The van der Waals surface area contributed by atoms with Gasteiger partial charge in [0.15, 0.2) is 6.29 Å². The second-order valence-electron chi connectivity index (χ2n) is 6.53. The smallest absolute Gasteiger partial charge is 0.153 e. The predicted octanol–water partition coefficient (Wildman–Crippen LogP) is 3.59. The molecule has 21 heavy (non-hydrogen) atoms. The maximum absolute atomic E-state index is 11.4. The number of aryl methyl sites for hydroxylation is 1. The quantitative estimate of drug-likeness (QED) is 0.808. The molecule has 2 heterocycles. The first-order chi connectivity index (χ1) is 9.77. The van der Waals surface area contributed by atoms with Crippen molar-refractivity contribution in [1.82, 2.24) is 19.6 Å². The van der Waals surface area contributed by atoms with Gasteiger partial charge in [0.25, 0.3) is 0 Å². The topological polar surface area (TPSA) is 52.7 Å². The standard InChI is InChI=1S/C16H24N4O/c1-7-11(2)19-8-13(10-21)15(18-19)14-9-20(16(4,5)6)17-12(14)3/h8-11H,7H2,1-6H3. The van der Waals surface area contributed by atoms with Gasteiger partial charge in [0.1, 0.15) is 5.69 Å². The summed E-state index contributed by atoms with van der Waals surface area (Å²) < 4.78 is 3.79. The molecular formula is C16H24N4O. The van der Waals surface area contributed by atoms with Gasteiger partial charge in [-0.3, -0.25) is 14.2 Å². The lowest BCUT2D eigenvalue weighted by atomic mass is 10.1. The molecule has 0 aliphatic heterocycles. The molecule has 0 bridgehead atoms. The summed E-state index contributed by atoms with van der Waals surface area (Å²) in [7, 11) is 0. The van der Waals surface area contributed by atoms with Gasteiger partial charge in [-0.1, -0.05) is 6.92 Å². The van der Waals surface area contributed by atoms with Gasteiger partial charge in [0.05, 0.1) is 16.8 Å². The van der Waals surface area contributed by atoms with Crippen LogP contribution in [0.25, 0.3) is 11.3 Å². The Balaban J connectivity index is 2.54. The van der Waals surface area contributed by atoms with E-state index in [1.807, 2.05) is 28.7 Å². The molecule has 114 valence electrons. The van der Waals surface area contributed by atoms with E-state index in [4.69, 9.17) is 0 Å². The maximum Gasteiger partial charge on any atom is 0.153 e. The van der Waals surface area contributed by atoms with Crippen molar-refractivity contribution in [3.63, 3.8) is 0 Å². The van der Waals surface area contributed by atoms with Crippen LogP contribution >= 0.6 is 0 Å². The average molecular weight is 288 g/mol. The predicted molar refractivity (Wildman–Crippen MR) is 83.6 cm³/mol. The van der Waals surface area contributed by atoms with Crippen molar-refractivity contribution in [2.45, 2.75) is 59.5 Å². The van der Waals surface area contributed by atoms with E-state index < -0.39 is 0 Å².